The van der Waals surface area contributed by atoms with E-state index in [2.05, 4.69) is 15.5 Å². The number of benzene rings is 2. The van der Waals surface area contributed by atoms with Crippen molar-refractivity contribution in [3.05, 3.63) is 85.0 Å². The summed E-state index contributed by atoms with van der Waals surface area (Å²) < 4.78 is 46.1. The second-order valence-electron chi connectivity index (χ2n) is 11.7. The number of hydrogen-bond donors (Lipinski definition) is 0. The number of amides is 2. The largest absolute Gasteiger partial charge is 0.340 e. The van der Waals surface area contributed by atoms with Gasteiger partial charge in [-0.05, 0) is 61.9 Å². The lowest BCUT2D eigenvalue weighted by atomic mass is 9.84. The van der Waals surface area contributed by atoms with E-state index in [4.69, 9.17) is 11.6 Å². The summed E-state index contributed by atoms with van der Waals surface area (Å²) in [6.45, 7) is 0.553. The van der Waals surface area contributed by atoms with Gasteiger partial charge in [-0.1, -0.05) is 38.2 Å². The standard InChI is InChI=1S/C30H26ClF3N5O5P/c31-21-3-1-2-20(29(9-10-29)30(33,34)45)24(21)28(42)39-23-13-16(27(41)38-11-8-17(14-38)36-43)5-7-19(23)25(35-39)18-6-4-15(12-22(18)32)26(40)37-44/h1-4,6,12,16-17H,5,7-11,13-14,45H2/t16?,17-/m1/s1. The molecule has 234 valence electrons. The van der Waals surface area contributed by atoms with Crippen molar-refractivity contribution in [1.82, 2.24) is 14.7 Å². The number of hydrogen-bond acceptors (Lipinski definition) is 7. The van der Waals surface area contributed by atoms with Crippen molar-refractivity contribution < 1.29 is 27.6 Å². The van der Waals surface area contributed by atoms with Gasteiger partial charge in [0.25, 0.3) is 11.6 Å². The van der Waals surface area contributed by atoms with Crippen LogP contribution >= 0.6 is 20.8 Å². The van der Waals surface area contributed by atoms with Crippen LogP contribution in [-0.4, -0.2) is 57.2 Å². The molecule has 15 heteroatoms. The van der Waals surface area contributed by atoms with E-state index in [1.165, 1.54) is 30.3 Å². The van der Waals surface area contributed by atoms with Gasteiger partial charge < -0.3 is 4.90 Å². The molecule has 0 bridgehead atoms. The van der Waals surface area contributed by atoms with E-state index in [1.807, 2.05) is 0 Å². The van der Waals surface area contributed by atoms with Gasteiger partial charge in [-0.2, -0.15) is 14.7 Å². The Kier molecular flexibility index (Phi) is 7.97. The minimum absolute atomic E-state index is 0.0283. The summed E-state index contributed by atoms with van der Waals surface area (Å²) >= 11 is 6.51. The maximum absolute atomic E-state index is 15.4. The zero-order valence-corrected chi connectivity index (χ0v) is 25.6. The number of carbonyl (C=O) groups is 3. The van der Waals surface area contributed by atoms with Gasteiger partial charge in [0.05, 0.1) is 27.4 Å². The van der Waals surface area contributed by atoms with Crippen LogP contribution in [0.3, 0.4) is 0 Å². The number of carbonyl (C=O) groups excluding carboxylic acids is 3. The summed E-state index contributed by atoms with van der Waals surface area (Å²) in [6.07, 6.45) is 1.28. The Morgan fingerprint density at radius 1 is 1.11 bits per heavy atom. The highest BCUT2D eigenvalue weighted by atomic mass is 35.5. The minimum Gasteiger partial charge on any atom is -0.340 e. The molecule has 0 spiro atoms. The van der Waals surface area contributed by atoms with Gasteiger partial charge in [-0.3, -0.25) is 14.4 Å². The van der Waals surface area contributed by atoms with E-state index in [0.29, 0.717) is 30.6 Å². The molecule has 0 N–H and O–H groups in total. The van der Waals surface area contributed by atoms with Gasteiger partial charge in [-0.25, -0.2) is 13.2 Å². The van der Waals surface area contributed by atoms with Crippen LogP contribution < -0.4 is 0 Å². The lowest BCUT2D eigenvalue weighted by Crippen LogP contribution is -2.38. The first-order valence-electron chi connectivity index (χ1n) is 14.3. The first-order valence-corrected chi connectivity index (χ1v) is 15.3. The Morgan fingerprint density at radius 3 is 2.49 bits per heavy atom. The first-order chi connectivity index (χ1) is 21.4. The number of aromatic nitrogens is 2. The minimum atomic E-state index is -3.23. The molecule has 3 aliphatic rings. The van der Waals surface area contributed by atoms with Crippen molar-refractivity contribution in [2.45, 2.75) is 55.6 Å². The quantitative estimate of drug-likeness (QED) is 0.229. The summed E-state index contributed by atoms with van der Waals surface area (Å²) in [5.41, 5.74) is -4.47. The number of nitroso groups, excluding NO2 is 2. The van der Waals surface area contributed by atoms with E-state index in [9.17, 15) is 33.0 Å². The molecule has 2 aromatic carbocycles. The fraction of sp³-hybridized carbons (Fsp3) is 0.400. The van der Waals surface area contributed by atoms with Crippen molar-refractivity contribution in [3.8, 4) is 11.3 Å². The van der Waals surface area contributed by atoms with Crippen molar-refractivity contribution >= 4 is 38.6 Å². The molecule has 3 atom stereocenters. The maximum Gasteiger partial charge on any atom is 0.316 e. The van der Waals surface area contributed by atoms with E-state index < -0.39 is 40.7 Å². The van der Waals surface area contributed by atoms with E-state index in [-0.39, 0.29) is 71.1 Å². The third-order valence-electron chi connectivity index (χ3n) is 9.12. The van der Waals surface area contributed by atoms with Crippen LogP contribution in [0, 0.1) is 21.5 Å². The van der Waals surface area contributed by atoms with Crippen molar-refractivity contribution in [2.75, 3.05) is 13.1 Å². The second kappa shape index (κ2) is 11.5. The fourth-order valence-corrected chi connectivity index (χ4v) is 7.24. The Labute approximate surface area is 261 Å². The van der Waals surface area contributed by atoms with Crippen LogP contribution in [0.1, 0.15) is 63.2 Å². The SMILES string of the molecule is O=NC(=O)c1ccc(-c2nn(C(=O)c3c(Cl)cccc3C3(C(F)(F)P)CC3)c3c2CCC(C(=O)N2CC[C@@H](N=O)C2)C3)c(F)c1. The van der Waals surface area contributed by atoms with Gasteiger partial charge in [-0.15, -0.1) is 4.91 Å². The Balaban J connectivity index is 1.46. The fourth-order valence-electron chi connectivity index (χ4n) is 6.54. The predicted octanol–water partition coefficient (Wildman–Crippen LogP) is 5.91. The third-order valence-corrected chi connectivity index (χ3v) is 9.99. The van der Waals surface area contributed by atoms with Crippen LogP contribution in [-0.2, 0) is 23.1 Å². The number of halogens is 4. The second-order valence-corrected chi connectivity index (χ2v) is 12.9. The number of nitrogens with zero attached hydrogens (tertiary/aromatic N) is 5. The van der Waals surface area contributed by atoms with E-state index in [1.54, 1.807) is 14.1 Å². The van der Waals surface area contributed by atoms with Gasteiger partial charge in [0.2, 0.25) is 5.91 Å². The molecule has 6 rings (SSSR count). The molecule has 1 saturated heterocycles. The summed E-state index contributed by atoms with van der Waals surface area (Å²) in [5.74, 6) is -3.69. The molecule has 2 aliphatic carbocycles. The number of alkyl halides is 2. The highest BCUT2D eigenvalue weighted by molar-refractivity contribution is 7.18. The molecule has 1 aliphatic heterocycles. The lowest BCUT2D eigenvalue weighted by molar-refractivity contribution is -0.134. The number of likely N-dealkylation sites (tertiary alicyclic amines) is 1. The summed E-state index contributed by atoms with van der Waals surface area (Å²) in [4.78, 5) is 62.8. The van der Waals surface area contributed by atoms with Crippen LogP contribution in [0.2, 0.25) is 5.02 Å². The van der Waals surface area contributed by atoms with Crippen LogP contribution in [0.5, 0.6) is 0 Å². The Hall–Kier alpha value is -3.83. The zero-order chi connectivity index (χ0) is 32.3. The Bertz CT molecular complexity index is 1770. The van der Waals surface area contributed by atoms with Crippen LogP contribution in [0.15, 0.2) is 46.8 Å². The molecule has 2 amide bonds. The molecule has 2 heterocycles. The number of rotatable bonds is 7. The molecule has 10 nitrogen and oxygen atoms in total. The number of fused-ring (bicyclic) bond motifs is 1. The average molecular weight is 660 g/mol. The average Bonchev–Trinajstić information content (AvgIpc) is 3.57. The molecule has 1 aromatic heterocycles. The van der Waals surface area contributed by atoms with Gasteiger partial charge in [0.1, 0.15) is 11.9 Å². The topological polar surface area (TPSA) is 131 Å². The van der Waals surface area contributed by atoms with Gasteiger partial charge >= 0.3 is 5.91 Å². The molecule has 3 aromatic rings. The van der Waals surface area contributed by atoms with Crippen molar-refractivity contribution in [1.29, 1.82) is 0 Å². The van der Waals surface area contributed by atoms with Crippen molar-refractivity contribution in [3.63, 3.8) is 0 Å². The molecule has 0 radical (unpaired) electrons. The summed E-state index contributed by atoms with van der Waals surface area (Å²) in [5, 5.41) is 9.78. The normalized spacial score (nSPS) is 20.4. The summed E-state index contributed by atoms with van der Waals surface area (Å²) in [7, 11) is 1.55. The van der Waals surface area contributed by atoms with E-state index >= 15 is 4.39 Å². The van der Waals surface area contributed by atoms with Crippen molar-refractivity contribution in [2.24, 2.45) is 16.3 Å². The Morgan fingerprint density at radius 2 is 1.87 bits per heavy atom. The highest BCUT2D eigenvalue weighted by Crippen LogP contribution is 2.62. The lowest BCUT2D eigenvalue weighted by Gasteiger charge is -2.28. The first kappa shape index (κ1) is 31.2. The molecule has 45 heavy (non-hydrogen) atoms. The highest BCUT2D eigenvalue weighted by Gasteiger charge is 2.61. The van der Waals surface area contributed by atoms with E-state index in [0.717, 1.165) is 10.7 Å². The molecular formula is C30H26ClF3N5O5P. The molecule has 2 unspecified atom stereocenters. The predicted molar refractivity (Wildman–Crippen MR) is 161 cm³/mol. The monoisotopic (exact) mass is 659 g/mol. The molecule has 1 saturated carbocycles. The molecular weight excluding hydrogens is 634 g/mol. The third kappa shape index (κ3) is 5.29. The zero-order valence-electron chi connectivity index (χ0n) is 23.6. The van der Waals surface area contributed by atoms with Gasteiger partial charge in [0, 0.05) is 47.3 Å². The van der Waals surface area contributed by atoms with Gasteiger partial charge in [0.15, 0.2) is 0 Å². The van der Waals surface area contributed by atoms with Crippen LogP contribution in [0.25, 0.3) is 11.3 Å². The summed E-state index contributed by atoms with van der Waals surface area (Å²) in [6, 6.07) is 7.15. The maximum atomic E-state index is 15.4. The smallest absolute Gasteiger partial charge is 0.316 e. The molecule has 2 fully saturated rings. The van der Waals surface area contributed by atoms with Crippen LogP contribution in [0.4, 0.5) is 13.2 Å².